The lowest BCUT2D eigenvalue weighted by Gasteiger charge is -2.16. The van der Waals surface area contributed by atoms with Crippen LogP contribution in [0.1, 0.15) is 35.2 Å². The fourth-order valence-corrected chi connectivity index (χ4v) is 2.96. The van der Waals surface area contributed by atoms with Gasteiger partial charge in [0.15, 0.2) is 0 Å². The van der Waals surface area contributed by atoms with Crippen molar-refractivity contribution >= 4 is 11.6 Å². The van der Waals surface area contributed by atoms with E-state index in [4.69, 9.17) is 22.1 Å². The molecule has 0 aliphatic carbocycles. The smallest absolute Gasteiger partial charge is 0.123 e. The molecule has 0 saturated carbocycles. The van der Waals surface area contributed by atoms with E-state index in [1.165, 1.54) is 5.56 Å². The fourth-order valence-electron chi connectivity index (χ4n) is 2.78. The minimum Gasteiger partial charge on any atom is -0.490 e. The molecule has 3 rings (SSSR count). The number of benzene rings is 2. The molecule has 20 heavy (non-hydrogen) atoms. The first-order valence-corrected chi connectivity index (χ1v) is 7.24. The molecule has 1 aliphatic heterocycles. The summed E-state index contributed by atoms with van der Waals surface area (Å²) in [6, 6.07) is 11.9. The lowest BCUT2D eigenvalue weighted by molar-refractivity contribution is 0.254. The first kappa shape index (κ1) is 13.5. The van der Waals surface area contributed by atoms with E-state index < -0.39 is 0 Å². The summed E-state index contributed by atoms with van der Waals surface area (Å²) < 4.78 is 5.73. The van der Waals surface area contributed by atoms with Crippen LogP contribution in [0.25, 0.3) is 0 Å². The van der Waals surface area contributed by atoms with Gasteiger partial charge in [-0.2, -0.15) is 0 Å². The first-order chi connectivity index (χ1) is 9.56. The second-order valence-electron chi connectivity index (χ2n) is 5.43. The molecule has 0 spiro atoms. The molecule has 2 aromatic rings. The Morgan fingerprint density at radius 3 is 2.90 bits per heavy atom. The second kappa shape index (κ2) is 5.12. The lowest BCUT2D eigenvalue weighted by Crippen LogP contribution is -2.13. The minimum absolute atomic E-state index is 0.157. The van der Waals surface area contributed by atoms with Gasteiger partial charge in [-0.3, -0.25) is 0 Å². The van der Waals surface area contributed by atoms with Crippen LogP contribution in [0.3, 0.4) is 0 Å². The van der Waals surface area contributed by atoms with Gasteiger partial charge in [-0.15, -0.1) is 0 Å². The van der Waals surface area contributed by atoms with E-state index >= 15 is 0 Å². The molecular formula is C17H18ClNO. The summed E-state index contributed by atoms with van der Waals surface area (Å²) in [5.41, 5.74) is 10.9. The van der Waals surface area contributed by atoms with E-state index in [-0.39, 0.29) is 12.1 Å². The molecule has 1 heterocycles. The summed E-state index contributed by atoms with van der Waals surface area (Å²) in [6.07, 6.45) is 1.20. The van der Waals surface area contributed by atoms with Crippen LogP contribution in [0.5, 0.6) is 5.75 Å². The Labute approximate surface area is 124 Å². The Balaban J connectivity index is 1.97. The van der Waals surface area contributed by atoms with Crippen LogP contribution < -0.4 is 10.5 Å². The largest absolute Gasteiger partial charge is 0.490 e. The summed E-state index contributed by atoms with van der Waals surface area (Å²) in [7, 11) is 0. The number of nitrogens with two attached hydrogens (primary N) is 1. The number of rotatable bonds is 2. The van der Waals surface area contributed by atoms with Gasteiger partial charge >= 0.3 is 0 Å². The first-order valence-electron chi connectivity index (χ1n) is 6.86. The van der Waals surface area contributed by atoms with Gasteiger partial charge in [-0.05, 0) is 48.2 Å². The van der Waals surface area contributed by atoms with Crippen LogP contribution in [-0.4, -0.2) is 6.10 Å². The molecule has 0 bridgehead atoms. The van der Waals surface area contributed by atoms with E-state index in [0.717, 1.165) is 33.9 Å². The van der Waals surface area contributed by atoms with Crippen LogP contribution in [0, 0.1) is 6.92 Å². The second-order valence-corrected chi connectivity index (χ2v) is 5.84. The highest BCUT2D eigenvalue weighted by molar-refractivity contribution is 6.31. The predicted molar refractivity (Wildman–Crippen MR) is 82.5 cm³/mol. The van der Waals surface area contributed by atoms with Crippen molar-refractivity contribution in [1.82, 2.24) is 0 Å². The average molecular weight is 288 g/mol. The highest BCUT2D eigenvalue weighted by Crippen LogP contribution is 2.33. The Kier molecular flexibility index (Phi) is 3.45. The molecule has 0 amide bonds. The maximum absolute atomic E-state index is 6.42. The van der Waals surface area contributed by atoms with Crippen LogP contribution in [0.2, 0.25) is 5.02 Å². The molecule has 0 fully saturated rings. The van der Waals surface area contributed by atoms with Crippen molar-refractivity contribution in [3.8, 4) is 5.75 Å². The Hall–Kier alpha value is -1.51. The zero-order chi connectivity index (χ0) is 14.3. The van der Waals surface area contributed by atoms with E-state index in [9.17, 15) is 0 Å². The quantitative estimate of drug-likeness (QED) is 0.905. The van der Waals surface area contributed by atoms with Gasteiger partial charge in [0, 0.05) is 11.4 Å². The van der Waals surface area contributed by atoms with E-state index in [0.29, 0.717) is 0 Å². The van der Waals surface area contributed by atoms with Crippen molar-refractivity contribution < 1.29 is 4.74 Å². The van der Waals surface area contributed by atoms with Crippen LogP contribution in [0.15, 0.2) is 36.4 Å². The van der Waals surface area contributed by atoms with Crippen LogP contribution in [0.4, 0.5) is 0 Å². The van der Waals surface area contributed by atoms with E-state index in [2.05, 4.69) is 13.0 Å². The van der Waals surface area contributed by atoms with Crippen molar-refractivity contribution in [3.63, 3.8) is 0 Å². The number of halogens is 1. The summed E-state index contributed by atoms with van der Waals surface area (Å²) >= 11 is 6.18. The van der Waals surface area contributed by atoms with Gasteiger partial charge in [-0.1, -0.05) is 35.9 Å². The van der Waals surface area contributed by atoms with Crippen LogP contribution >= 0.6 is 11.6 Å². The standard InChI is InChI=1S/C17H18ClNO/c1-10-8-13-9-12(6-7-16(13)20-10)17(19)14-4-3-5-15(18)11(14)2/h3-7,9-10,17H,8,19H2,1-2H3. The molecule has 2 nitrogen and oxygen atoms in total. The topological polar surface area (TPSA) is 35.2 Å². The summed E-state index contributed by atoms with van der Waals surface area (Å²) in [5, 5.41) is 0.760. The lowest BCUT2D eigenvalue weighted by atomic mass is 9.94. The summed E-state index contributed by atoms with van der Waals surface area (Å²) in [5.74, 6) is 0.983. The Bertz CT molecular complexity index is 653. The molecule has 104 valence electrons. The van der Waals surface area contributed by atoms with Crippen LogP contribution in [-0.2, 0) is 6.42 Å². The van der Waals surface area contributed by atoms with Crippen molar-refractivity contribution in [1.29, 1.82) is 0 Å². The van der Waals surface area contributed by atoms with Crippen molar-refractivity contribution in [3.05, 3.63) is 63.7 Å². The molecule has 0 aromatic heterocycles. The minimum atomic E-state index is -0.157. The maximum atomic E-state index is 6.42. The molecule has 1 aliphatic rings. The average Bonchev–Trinajstić information content (AvgIpc) is 2.80. The molecule has 0 radical (unpaired) electrons. The summed E-state index contributed by atoms with van der Waals surface area (Å²) in [6.45, 7) is 4.09. The molecule has 2 atom stereocenters. The molecule has 0 saturated heterocycles. The monoisotopic (exact) mass is 287 g/mol. The third-order valence-corrected chi connectivity index (χ3v) is 4.33. The van der Waals surface area contributed by atoms with E-state index in [1.807, 2.05) is 37.3 Å². The number of hydrogen-bond acceptors (Lipinski definition) is 2. The molecule has 2 N–H and O–H groups in total. The van der Waals surface area contributed by atoms with Gasteiger partial charge in [0.05, 0.1) is 6.04 Å². The van der Waals surface area contributed by atoms with Gasteiger partial charge in [0.2, 0.25) is 0 Å². The van der Waals surface area contributed by atoms with Gasteiger partial charge < -0.3 is 10.5 Å². The SMILES string of the molecule is Cc1c(Cl)cccc1C(N)c1ccc2c(c1)CC(C)O2. The predicted octanol–water partition coefficient (Wildman–Crippen LogP) is 4.02. The van der Waals surface area contributed by atoms with Crippen molar-refractivity contribution in [2.75, 3.05) is 0 Å². The number of hydrogen-bond donors (Lipinski definition) is 1. The third-order valence-electron chi connectivity index (χ3n) is 3.92. The van der Waals surface area contributed by atoms with Gasteiger partial charge in [0.1, 0.15) is 11.9 Å². The molecule has 2 aromatic carbocycles. The molecular weight excluding hydrogens is 270 g/mol. The Morgan fingerprint density at radius 1 is 1.30 bits per heavy atom. The van der Waals surface area contributed by atoms with E-state index in [1.54, 1.807) is 0 Å². The zero-order valence-corrected chi connectivity index (χ0v) is 12.4. The third kappa shape index (κ3) is 2.30. The highest BCUT2D eigenvalue weighted by atomic mass is 35.5. The molecule has 2 unspecified atom stereocenters. The number of ether oxygens (including phenoxy) is 1. The highest BCUT2D eigenvalue weighted by Gasteiger charge is 2.21. The summed E-state index contributed by atoms with van der Waals surface area (Å²) in [4.78, 5) is 0. The van der Waals surface area contributed by atoms with Crippen molar-refractivity contribution in [2.24, 2.45) is 5.73 Å². The maximum Gasteiger partial charge on any atom is 0.123 e. The normalized spacial score (nSPS) is 18.5. The number of fused-ring (bicyclic) bond motifs is 1. The van der Waals surface area contributed by atoms with Gasteiger partial charge in [0.25, 0.3) is 0 Å². The Morgan fingerprint density at radius 2 is 2.10 bits per heavy atom. The molecule has 3 heteroatoms. The van der Waals surface area contributed by atoms with Crippen molar-refractivity contribution in [2.45, 2.75) is 32.4 Å². The van der Waals surface area contributed by atoms with Gasteiger partial charge in [-0.25, -0.2) is 0 Å². The fraction of sp³-hybridized carbons (Fsp3) is 0.294. The zero-order valence-electron chi connectivity index (χ0n) is 11.7.